The second kappa shape index (κ2) is 9.32. The van der Waals surface area contributed by atoms with Gasteiger partial charge in [-0.3, -0.25) is 4.79 Å². The summed E-state index contributed by atoms with van der Waals surface area (Å²) in [5, 5.41) is 3.99. The molecule has 0 spiro atoms. The first-order chi connectivity index (χ1) is 15.9. The molecule has 2 atom stereocenters. The van der Waals surface area contributed by atoms with E-state index in [-0.39, 0.29) is 11.7 Å². The van der Waals surface area contributed by atoms with E-state index in [4.69, 9.17) is 25.8 Å². The van der Waals surface area contributed by atoms with Gasteiger partial charge in [0, 0.05) is 40.0 Å². The molecule has 4 rings (SSSR count). The Morgan fingerprint density at radius 1 is 1.03 bits per heavy atom. The first-order valence-electron chi connectivity index (χ1n) is 10.7. The molecule has 172 valence electrons. The van der Waals surface area contributed by atoms with Gasteiger partial charge in [-0.15, -0.1) is 0 Å². The second-order valence-electron chi connectivity index (χ2n) is 8.17. The molecule has 1 N–H and O–H groups in total. The van der Waals surface area contributed by atoms with Crippen molar-refractivity contribution < 1.29 is 23.8 Å². The van der Waals surface area contributed by atoms with Crippen molar-refractivity contribution in [1.82, 2.24) is 5.32 Å². The number of ketones is 1. The summed E-state index contributed by atoms with van der Waals surface area (Å²) in [6.07, 6.45) is 0.980. The molecule has 0 radical (unpaired) electrons. The molecular weight excluding hydrogens is 442 g/mol. The van der Waals surface area contributed by atoms with Crippen LogP contribution in [0, 0.1) is 0 Å². The maximum Gasteiger partial charge on any atom is 0.336 e. The molecule has 2 aromatic rings. The van der Waals surface area contributed by atoms with Gasteiger partial charge in [-0.1, -0.05) is 29.8 Å². The summed E-state index contributed by atoms with van der Waals surface area (Å²) < 4.78 is 16.1. The zero-order valence-electron chi connectivity index (χ0n) is 19.0. The average Bonchev–Trinajstić information content (AvgIpc) is 2.82. The van der Waals surface area contributed by atoms with Crippen molar-refractivity contribution in [1.29, 1.82) is 0 Å². The standard InChI is InChI=1S/C26H26ClNO5/c1-14-23(26(30)33-4)24(19-10-9-18(31-2)13-22(19)32-3)25-20(28-14)11-16(12-21(25)29)15-5-7-17(27)8-6-15/h5-10,13,16,24,28H,11-12H2,1-4H3/t16-,24-/m0/s1. The van der Waals surface area contributed by atoms with Gasteiger partial charge in [0.15, 0.2) is 5.78 Å². The molecule has 0 fully saturated rings. The summed E-state index contributed by atoms with van der Waals surface area (Å²) in [7, 11) is 4.47. The lowest BCUT2D eigenvalue weighted by Gasteiger charge is -2.37. The van der Waals surface area contributed by atoms with Gasteiger partial charge in [-0.05, 0) is 43.0 Å². The Labute approximate surface area is 198 Å². The van der Waals surface area contributed by atoms with Crippen LogP contribution in [-0.4, -0.2) is 33.1 Å². The number of allylic oxidation sites excluding steroid dienone is 3. The number of hydrogen-bond acceptors (Lipinski definition) is 6. The van der Waals surface area contributed by atoms with Crippen molar-refractivity contribution in [3.05, 3.63) is 81.2 Å². The number of esters is 1. The highest BCUT2D eigenvalue weighted by Crippen LogP contribution is 2.48. The highest BCUT2D eigenvalue weighted by Gasteiger charge is 2.42. The van der Waals surface area contributed by atoms with E-state index in [1.165, 1.54) is 7.11 Å². The third-order valence-electron chi connectivity index (χ3n) is 6.33. The molecule has 0 bridgehead atoms. The molecule has 0 saturated carbocycles. The lowest BCUT2D eigenvalue weighted by atomic mass is 9.71. The van der Waals surface area contributed by atoms with Crippen LogP contribution >= 0.6 is 11.6 Å². The monoisotopic (exact) mass is 467 g/mol. The predicted molar refractivity (Wildman–Crippen MR) is 126 cm³/mol. The van der Waals surface area contributed by atoms with Gasteiger partial charge in [-0.25, -0.2) is 4.79 Å². The van der Waals surface area contributed by atoms with Crippen LogP contribution in [0.2, 0.25) is 5.02 Å². The minimum absolute atomic E-state index is 0.0134. The van der Waals surface area contributed by atoms with E-state index >= 15 is 0 Å². The maximum atomic E-state index is 13.6. The number of nitrogens with one attached hydrogen (secondary N) is 1. The third-order valence-corrected chi connectivity index (χ3v) is 6.58. The summed E-state index contributed by atoms with van der Waals surface area (Å²) >= 11 is 6.05. The number of rotatable bonds is 5. The van der Waals surface area contributed by atoms with E-state index in [1.54, 1.807) is 26.4 Å². The number of benzene rings is 2. The van der Waals surface area contributed by atoms with Crippen molar-refractivity contribution in [2.24, 2.45) is 0 Å². The molecule has 6 nitrogen and oxygen atoms in total. The lowest BCUT2D eigenvalue weighted by Crippen LogP contribution is -2.36. The summed E-state index contributed by atoms with van der Waals surface area (Å²) in [6, 6.07) is 13.0. The molecule has 1 aliphatic carbocycles. The van der Waals surface area contributed by atoms with E-state index in [0.29, 0.717) is 51.8 Å². The van der Waals surface area contributed by atoms with Crippen LogP contribution in [0.5, 0.6) is 11.5 Å². The van der Waals surface area contributed by atoms with Crippen molar-refractivity contribution in [3.8, 4) is 11.5 Å². The Bertz CT molecular complexity index is 1170. The van der Waals surface area contributed by atoms with Crippen LogP contribution < -0.4 is 14.8 Å². The first-order valence-corrected chi connectivity index (χ1v) is 11.1. The Hall–Kier alpha value is -3.25. The molecule has 1 aliphatic heterocycles. The fourth-order valence-corrected chi connectivity index (χ4v) is 4.88. The topological polar surface area (TPSA) is 73.9 Å². The predicted octanol–water partition coefficient (Wildman–Crippen LogP) is 4.89. The normalized spacial score (nSPS) is 20.2. The van der Waals surface area contributed by atoms with Gasteiger partial charge >= 0.3 is 5.97 Å². The zero-order valence-corrected chi connectivity index (χ0v) is 19.8. The van der Waals surface area contributed by atoms with Gasteiger partial charge in [-0.2, -0.15) is 0 Å². The summed E-state index contributed by atoms with van der Waals surface area (Å²) in [6.45, 7) is 1.83. The van der Waals surface area contributed by atoms with Crippen LogP contribution in [0.4, 0.5) is 0 Å². The highest BCUT2D eigenvalue weighted by atomic mass is 35.5. The van der Waals surface area contributed by atoms with Crippen LogP contribution in [-0.2, 0) is 14.3 Å². The van der Waals surface area contributed by atoms with Gasteiger partial charge < -0.3 is 19.5 Å². The van der Waals surface area contributed by atoms with Gasteiger partial charge in [0.1, 0.15) is 11.5 Å². The zero-order chi connectivity index (χ0) is 23.7. The van der Waals surface area contributed by atoms with Gasteiger partial charge in [0.05, 0.1) is 32.8 Å². The SMILES string of the molecule is COC(=O)C1=C(C)NC2=C(C(=O)C[C@@H](c3ccc(Cl)cc3)C2)[C@H]1c1ccc(OC)cc1OC. The number of methoxy groups -OCH3 is 3. The lowest BCUT2D eigenvalue weighted by molar-refractivity contribution is -0.136. The summed E-state index contributed by atoms with van der Waals surface area (Å²) in [5.74, 6) is 0.0782. The quantitative estimate of drug-likeness (QED) is 0.631. The van der Waals surface area contributed by atoms with Crippen LogP contribution in [0.1, 0.15) is 42.7 Å². The van der Waals surface area contributed by atoms with Gasteiger partial charge in [0.25, 0.3) is 0 Å². The smallest absolute Gasteiger partial charge is 0.336 e. The molecule has 1 heterocycles. The van der Waals surface area contributed by atoms with E-state index in [9.17, 15) is 9.59 Å². The molecule has 2 aliphatic rings. The Morgan fingerprint density at radius 3 is 2.39 bits per heavy atom. The van der Waals surface area contributed by atoms with Crippen molar-refractivity contribution in [2.75, 3.05) is 21.3 Å². The Kier molecular flexibility index (Phi) is 6.47. The van der Waals surface area contributed by atoms with Crippen LogP contribution in [0.15, 0.2) is 65.0 Å². The minimum atomic E-state index is -0.603. The molecule has 2 aromatic carbocycles. The number of carbonyl (C=O) groups is 2. The molecule has 7 heteroatoms. The first kappa shape index (κ1) is 22.9. The largest absolute Gasteiger partial charge is 0.497 e. The summed E-state index contributed by atoms with van der Waals surface area (Å²) in [5.41, 5.74) is 4.23. The highest BCUT2D eigenvalue weighted by molar-refractivity contribution is 6.30. The molecule has 0 saturated heterocycles. The molecular formula is C26H26ClNO5. The van der Waals surface area contributed by atoms with E-state index in [2.05, 4.69) is 5.32 Å². The fourth-order valence-electron chi connectivity index (χ4n) is 4.76. The molecule has 0 unspecified atom stereocenters. The van der Waals surface area contributed by atoms with Crippen molar-refractivity contribution >= 4 is 23.4 Å². The number of carbonyl (C=O) groups excluding carboxylic acids is 2. The number of Topliss-reactive ketones (excluding diaryl/α,β-unsaturated/α-hetero) is 1. The second-order valence-corrected chi connectivity index (χ2v) is 8.60. The molecule has 0 aromatic heterocycles. The van der Waals surface area contributed by atoms with E-state index < -0.39 is 11.9 Å². The van der Waals surface area contributed by atoms with Crippen molar-refractivity contribution in [3.63, 3.8) is 0 Å². The van der Waals surface area contributed by atoms with Crippen molar-refractivity contribution in [2.45, 2.75) is 31.6 Å². The minimum Gasteiger partial charge on any atom is -0.497 e. The number of hydrogen-bond donors (Lipinski definition) is 1. The number of ether oxygens (including phenoxy) is 3. The van der Waals surface area contributed by atoms with Crippen LogP contribution in [0.3, 0.4) is 0 Å². The number of dihydropyridines is 1. The van der Waals surface area contributed by atoms with E-state index in [0.717, 1.165) is 11.3 Å². The number of halogens is 1. The molecule has 33 heavy (non-hydrogen) atoms. The third kappa shape index (κ3) is 4.23. The fraction of sp³-hybridized carbons (Fsp3) is 0.308. The van der Waals surface area contributed by atoms with Crippen LogP contribution in [0.25, 0.3) is 0 Å². The Balaban J connectivity index is 1.84. The Morgan fingerprint density at radius 2 is 1.76 bits per heavy atom. The maximum absolute atomic E-state index is 13.6. The van der Waals surface area contributed by atoms with Gasteiger partial charge in [0.2, 0.25) is 0 Å². The molecule has 0 amide bonds. The average molecular weight is 468 g/mol. The van der Waals surface area contributed by atoms with E-state index in [1.807, 2.05) is 37.3 Å². The summed E-state index contributed by atoms with van der Waals surface area (Å²) in [4.78, 5) is 26.4.